The van der Waals surface area contributed by atoms with Gasteiger partial charge in [-0.3, -0.25) is 0 Å². The molecule has 0 fully saturated rings. The van der Waals surface area contributed by atoms with Crippen molar-refractivity contribution in [1.82, 2.24) is 0 Å². The van der Waals surface area contributed by atoms with Crippen molar-refractivity contribution in [3.63, 3.8) is 0 Å². The maximum Gasteiger partial charge on any atom is 0.258 e. The fourth-order valence-electron chi connectivity index (χ4n) is 0.729. The molecule has 0 amide bonds. The average molecular weight is 268 g/mol. The Balaban J connectivity index is 2.82. The molecule has 0 heterocycles. The van der Waals surface area contributed by atoms with Gasteiger partial charge in [0.05, 0.1) is 0 Å². The van der Waals surface area contributed by atoms with Crippen molar-refractivity contribution in [3.8, 4) is 0 Å². The molecule has 13 heavy (non-hydrogen) atoms. The van der Waals surface area contributed by atoms with E-state index in [4.69, 9.17) is 0 Å². The minimum Gasteiger partial charge on any atom is -0.244 e. The summed E-state index contributed by atoms with van der Waals surface area (Å²) in [5, 5.41) is -0.0249. The van der Waals surface area contributed by atoms with Crippen molar-refractivity contribution in [2.24, 2.45) is 0 Å². The van der Waals surface area contributed by atoms with Crippen LogP contribution in [0.1, 0.15) is 5.56 Å². The lowest BCUT2D eigenvalue weighted by Crippen LogP contribution is -1.96. The second-order valence-electron chi connectivity index (χ2n) is 2.10. The monoisotopic (exact) mass is 267 g/mol. The largest absolute Gasteiger partial charge is 0.258 e. The van der Waals surface area contributed by atoms with Crippen LogP contribution < -0.4 is 0 Å². The lowest BCUT2D eigenvalue weighted by atomic mass is 10.2. The van der Waals surface area contributed by atoms with Gasteiger partial charge in [0.25, 0.3) is 11.0 Å². The summed E-state index contributed by atoms with van der Waals surface area (Å²) in [6, 6.07) is 5.38. The molecule has 0 spiro atoms. The third-order valence-corrected chi connectivity index (χ3v) is 2.41. The predicted molar refractivity (Wildman–Crippen MR) is 49.1 cm³/mol. The van der Waals surface area contributed by atoms with E-state index in [1.165, 1.54) is 18.2 Å². The molecule has 0 N–H and O–H groups in total. The highest BCUT2D eigenvalue weighted by Crippen LogP contribution is 2.23. The van der Waals surface area contributed by atoms with Gasteiger partial charge in [-0.1, -0.05) is 12.1 Å². The minimum absolute atomic E-state index is 0.0249. The summed E-state index contributed by atoms with van der Waals surface area (Å²) in [5.41, 5.74) is 0.333. The van der Waals surface area contributed by atoms with Crippen LogP contribution in [0.3, 0.4) is 0 Å². The Kier molecular flexibility index (Phi) is 3.83. The molecule has 6 heteroatoms. The van der Waals surface area contributed by atoms with E-state index in [0.717, 1.165) is 6.07 Å². The van der Waals surface area contributed by atoms with E-state index in [-0.39, 0.29) is 5.01 Å². The summed E-state index contributed by atoms with van der Waals surface area (Å²) in [7, 11) is -2.98. The van der Waals surface area contributed by atoms with Gasteiger partial charge in [0.15, 0.2) is 0 Å². The Morgan fingerprint density at radius 3 is 2.69 bits per heavy atom. The maximum absolute atomic E-state index is 12.6. The molecule has 1 aromatic rings. The summed E-state index contributed by atoms with van der Waals surface area (Å²) in [6.45, 7) is 0. The quantitative estimate of drug-likeness (QED) is 0.847. The van der Waals surface area contributed by atoms with Crippen molar-refractivity contribution in [3.05, 3.63) is 40.7 Å². The normalized spacial score (nSPS) is 11.1. The van der Waals surface area contributed by atoms with E-state index in [1.54, 1.807) is 0 Å². The Bertz CT molecular complexity index is 359. The number of thiol groups is 1. The van der Waals surface area contributed by atoms with E-state index in [1.807, 2.05) is 0 Å². The van der Waals surface area contributed by atoms with E-state index in [9.17, 15) is 12.8 Å². The summed E-state index contributed by atoms with van der Waals surface area (Å²) in [4.78, 5) is 0. The predicted octanol–water partition coefficient (Wildman–Crippen LogP) is 1.60. The van der Waals surface area contributed by atoms with Crippen molar-refractivity contribution < 1.29 is 17.0 Å². The fraction of sp³-hybridized carbons (Fsp3) is 0. The molecule has 0 saturated carbocycles. The molecule has 0 aromatic heterocycles. The molecule has 3 nitrogen and oxygen atoms in total. The second kappa shape index (κ2) is 4.69. The molecular weight excluding hydrogens is 263 g/mol. The van der Waals surface area contributed by atoms with Crippen LogP contribution in [-0.4, -0.2) is 8.42 Å². The first-order chi connectivity index (χ1) is 6.09. The van der Waals surface area contributed by atoms with Crippen molar-refractivity contribution in [2.75, 3.05) is 0 Å². The molecule has 71 valence electrons. The molecule has 0 saturated heterocycles. The molecule has 0 unspecified atom stereocenters. The lowest BCUT2D eigenvalue weighted by molar-refractivity contribution is 0.416. The fourth-order valence-corrected chi connectivity index (χ4v) is 1.57. The van der Waals surface area contributed by atoms with Crippen LogP contribution in [0.2, 0.25) is 0 Å². The number of rotatable bonds is 3. The Morgan fingerprint density at radius 1 is 1.46 bits per heavy atom. The molecule has 0 bridgehead atoms. The summed E-state index contributed by atoms with van der Waals surface area (Å²) < 4.78 is 37.2. The van der Waals surface area contributed by atoms with Gasteiger partial charge in [0, 0.05) is 5.56 Å². The Morgan fingerprint density at radius 2 is 2.15 bits per heavy atom. The second-order valence-corrected chi connectivity index (χ2v) is 3.45. The third-order valence-electron chi connectivity index (χ3n) is 1.21. The summed E-state index contributed by atoms with van der Waals surface area (Å²) in [6.07, 6.45) is 0. The number of hydrogen-bond acceptors (Lipinski definition) is 3. The van der Waals surface area contributed by atoms with E-state index >= 15 is 0 Å². The maximum atomic E-state index is 12.6. The van der Waals surface area contributed by atoms with Crippen LogP contribution >= 0.6 is 15.9 Å². The molecular formula is C7H5BrFO3S. The van der Waals surface area contributed by atoms with Crippen LogP contribution in [0.15, 0.2) is 24.3 Å². The smallest absolute Gasteiger partial charge is 0.244 e. The van der Waals surface area contributed by atoms with Gasteiger partial charge in [0.1, 0.15) is 5.82 Å². The highest BCUT2D eigenvalue weighted by Gasteiger charge is 2.10. The van der Waals surface area contributed by atoms with Gasteiger partial charge in [-0.2, -0.15) is 0 Å². The highest BCUT2D eigenvalue weighted by molar-refractivity contribution is 9.11. The van der Waals surface area contributed by atoms with Gasteiger partial charge < -0.3 is 0 Å². The van der Waals surface area contributed by atoms with Crippen LogP contribution in [0.5, 0.6) is 0 Å². The number of benzene rings is 1. The first kappa shape index (κ1) is 10.6. The van der Waals surface area contributed by atoms with E-state index in [0.29, 0.717) is 5.56 Å². The van der Waals surface area contributed by atoms with E-state index < -0.39 is 16.8 Å². The van der Waals surface area contributed by atoms with E-state index in [2.05, 4.69) is 20.1 Å². The van der Waals surface area contributed by atoms with Crippen molar-refractivity contribution in [1.29, 1.82) is 0 Å². The zero-order chi connectivity index (χ0) is 9.84. The van der Waals surface area contributed by atoms with Gasteiger partial charge in [0.2, 0.25) is 5.01 Å². The first-order valence-corrected chi connectivity index (χ1v) is 5.09. The first-order valence-electron chi connectivity index (χ1n) is 3.20. The number of hydrogen-bond donors (Lipinski definition) is 1. The average Bonchev–Trinajstić information content (AvgIpc) is 2.03. The van der Waals surface area contributed by atoms with Crippen molar-refractivity contribution >= 4 is 26.9 Å². The van der Waals surface area contributed by atoms with Crippen LogP contribution in [0.4, 0.5) is 4.39 Å². The van der Waals surface area contributed by atoms with Gasteiger partial charge >= 0.3 is 0 Å². The summed E-state index contributed by atoms with van der Waals surface area (Å²) in [5.74, 6) is -0.459. The molecule has 1 aromatic carbocycles. The third kappa shape index (κ3) is 3.41. The minimum atomic E-state index is -2.98. The molecule has 0 atom stereocenters. The molecule has 1 radical (unpaired) electrons. The van der Waals surface area contributed by atoms with Gasteiger partial charge in [-0.25, -0.2) is 17.0 Å². The Labute approximate surface area is 84.8 Å². The topological polar surface area (TPSA) is 43.4 Å². The van der Waals surface area contributed by atoms with Gasteiger partial charge in [-0.05, 0) is 28.1 Å². The van der Waals surface area contributed by atoms with Crippen LogP contribution in [0, 0.1) is 10.8 Å². The highest BCUT2D eigenvalue weighted by atomic mass is 79.9. The van der Waals surface area contributed by atoms with Crippen molar-refractivity contribution in [2.45, 2.75) is 0 Å². The SMILES string of the molecule is O=[SH](=O)O[C](Br)c1cccc(F)c1. The zero-order valence-corrected chi connectivity index (χ0v) is 8.72. The molecule has 0 aliphatic heterocycles. The number of halogens is 2. The van der Waals surface area contributed by atoms with Crippen LogP contribution in [0.25, 0.3) is 0 Å². The molecule has 0 aliphatic rings. The lowest BCUT2D eigenvalue weighted by Gasteiger charge is -2.03. The summed E-state index contributed by atoms with van der Waals surface area (Å²) >= 11 is 2.86. The standard InChI is InChI=1S/C7H5BrFO3S/c8-7(12-13(10)11)5-2-1-3-6(9)4-5/h1-4,13H. The molecule has 0 aliphatic carbocycles. The zero-order valence-electron chi connectivity index (χ0n) is 6.24. The van der Waals surface area contributed by atoms with Crippen LogP contribution in [-0.2, 0) is 15.2 Å². The Hall–Kier alpha value is -0.460. The molecule has 1 rings (SSSR count). The van der Waals surface area contributed by atoms with Gasteiger partial charge in [-0.15, -0.1) is 0 Å².